The van der Waals surface area contributed by atoms with Crippen LogP contribution in [0.25, 0.3) is 6.08 Å². The lowest BCUT2D eigenvalue weighted by molar-refractivity contribution is -0.201. The third-order valence-electron chi connectivity index (χ3n) is 13.6. The van der Waals surface area contributed by atoms with Gasteiger partial charge in [-0.25, -0.2) is 0 Å². The van der Waals surface area contributed by atoms with Crippen molar-refractivity contribution in [2.75, 3.05) is 19.9 Å². The van der Waals surface area contributed by atoms with Crippen LogP contribution in [-0.4, -0.2) is 90.1 Å². The minimum absolute atomic E-state index is 0.0264. The fourth-order valence-corrected chi connectivity index (χ4v) is 10.7. The maximum atomic E-state index is 14.5. The molecular weight excluding hydrogens is 690 g/mol. The van der Waals surface area contributed by atoms with Gasteiger partial charge in [-0.05, 0) is 85.1 Å². The second kappa shape index (κ2) is 13.5. The summed E-state index contributed by atoms with van der Waals surface area (Å²) in [6.45, 7) is 7.49. The maximum absolute atomic E-state index is 14.5. The van der Waals surface area contributed by atoms with E-state index in [-0.39, 0.29) is 56.9 Å². The second-order valence-electron chi connectivity index (χ2n) is 17.3. The van der Waals surface area contributed by atoms with Crippen molar-refractivity contribution in [3.63, 3.8) is 0 Å². The van der Waals surface area contributed by atoms with Gasteiger partial charge in [-0.3, -0.25) is 19.2 Å². The lowest BCUT2D eigenvalue weighted by atomic mass is 9.52. The minimum Gasteiger partial charge on any atom is -0.458 e. The summed E-state index contributed by atoms with van der Waals surface area (Å²) in [5.41, 5.74) is 3.77. The van der Waals surface area contributed by atoms with Crippen LogP contribution in [0.4, 0.5) is 0 Å². The molecule has 3 saturated carbocycles. The number of rotatable bonds is 9. The van der Waals surface area contributed by atoms with Crippen LogP contribution in [-0.2, 0) is 46.5 Å². The van der Waals surface area contributed by atoms with E-state index in [1.165, 1.54) is 18.4 Å². The van der Waals surface area contributed by atoms with Gasteiger partial charge in [0.1, 0.15) is 36.6 Å². The predicted octanol–water partition coefficient (Wildman–Crippen LogP) is 4.04. The molecule has 0 aromatic heterocycles. The molecule has 1 unspecified atom stereocenters. The number of carbonyl (C=O) groups is 3. The quantitative estimate of drug-likeness (QED) is 0.254. The van der Waals surface area contributed by atoms with E-state index in [0.29, 0.717) is 34.5 Å². The number of ether oxygens (including phenoxy) is 4. The zero-order valence-electron chi connectivity index (χ0n) is 31.3. The van der Waals surface area contributed by atoms with Crippen molar-refractivity contribution in [2.24, 2.45) is 22.7 Å². The van der Waals surface area contributed by atoms with Crippen molar-refractivity contribution in [1.29, 1.82) is 0 Å². The summed E-state index contributed by atoms with van der Waals surface area (Å²) in [6.07, 6.45) is 5.99. The molecule has 2 bridgehead atoms. The van der Waals surface area contributed by atoms with Crippen LogP contribution in [0.15, 0.2) is 54.1 Å². The molecule has 2 aromatic carbocycles. The molecule has 7 fully saturated rings. The van der Waals surface area contributed by atoms with Gasteiger partial charge in [0.25, 0.3) is 5.91 Å². The van der Waals surface area contributed by atoms with E-state index in [1.54, 1.807) is 23.3 Å². The molecule has 4 saturated heterocycles. The first-order valence-corrected chi connectivity index (χ1v) is 19.6. The number of carbonyl (C=O) groups excluding carboxylic acids is 3. The molecule has 0 spiro atoms. The summed E-state index contributed by atoms with van der Waals surface area (Å²) in [5.74, 6) is 0.0489. The number of nitrogens with zero attached hydrogens (tertiary/aromatic N) is 1. The molecule has 7 aliphatic rings. The van der Waals surface area contributed by atoms with Crippen molar-refractivity contribution in [2.45, 2.75) is 115 Å². The third-order valence-corrected chi connectivity index (χ3v) is 13.6. The molecule has 12 heteroatoms. The summed E-state index contributed by atoms with van der Waals surface area (Å²) in [4.78, 5) is 47.6. The Bertz CT molecular complexity index is 1860. The Labute approximate surface area is 315 Å². The molecule has 54 heavy (non-hydrogen) atoms. The molecule has 9 rings (SSSR count). The molecular formula is C42H51N3O9. The fraction of sp³-hybridized carbons (Fsp3) is 0.595. The Morgan fingerprint density at radius 3 is 2.65 bits per heavy atom. The summed E-state index contributed by atoms with van der Waals surface area (Å²) in [6, 6.07) is 14.3. The standard InChI is InChI=1S/C42H51N3O9/c1-40(2)19-29-27(10-11-32-41(3,53-32)13-12-30(29)40)17-24-6-4-8-26(16-24)22-45-35-38(48)52-31-20-42(35,36(54-45)34-33(31)50-23-51-34)39(49)44-21-25-7-5-9-28(18-25)37(47)43-14-15-46/h4-9,16-18,29-36,46H,10-15,19-23H2,1-3H3,(H,43,47)(H,44,49)/t29-,30-,31-,32?,33+,34+,35+,36-,41-,42+/m1/s1. The van der Waals surface area contributed by atoms with Gasteiger partial charge in [0.15, 0.2) is 6.04 Å². The number of benzene rings is 2. The molecule has 3 aliphatic carbocycles. The zero-order valence-corrected chi connectivity index (χ0v) is 31.3. The first kappa shape index (κ1) is 36.0. The largest absolute Gasteiger partial charge is 0.458 e. The van der Waals surface area contributed by atoms with Gasteiger partial charge >= 0.3 is 5.97 Å². The maximum Gasteiger partial charge on any atom is 0.327 e. The monoisotopic (exact) mass is 741 g/mol. The van der Waals surface area contributed by atoms with E-state index in [4.69, 9.17) is 28.9 Å². The Morgan fingerprint density at radius 1 is 1.00 bits per heavy atom. The number of aliphatic hydroxyl groups excluding tert-OH is 1. The van der Waals surface area contributed by atoms with Crippen LogP contribution in [0.3, 0.4) is 0 Å². The lowest BCUT2D eigenvalue weighted by Gasteiger charge is -2.53. The molecule has 2 aromatic rings. The van der Waals surface area contributed by atoms with E-state index in [2.05, 4.69) is 49.6 Å². The average Bonchev–Trinajstić information content (AvgIpc) is 3.43. The Hall–Kier alpha value is -3.65. The fourth-order valence-electron chi connectivity index (χ4n) is 10.7. The molecule has 0 radical (unpaired) electrons. The van der Waals surface area contributed by atoms with Crippen LogP contribution in [0.1, 0.15) is 86.3 Å². The highest BCUT2D eigenvalue weighted by Gasteiger charge is 2.74. The molecule has 288 valence electrons. The first-order chi connectivity index (χ1) is 26.0. The second-order valence-corrected chi connectivity index (χ2v) is 17.3. The SMILES string of the molecule is CC1(C)C[C@@H]2C(=Cc3cccc(CN4O[C@@H]5[C@H]6OCO[C@H]6[C@H]6C[C@]5(C(=O)NCc5cccc(C(=O)NCCO)c5)[C@@H]4C(=O)O6)c3)CCC3O[C@]3(C)CC[C@H]21. The number of esters is 1. The summed E-state index contributed by atoms with van der Waals surface area (Å²) in [5, 5.41) is 16.4. The number of fused-ring (bicyclic) bond motifs is 6. The Morgan fingerprint density at radius 2 is 1.81 bits per heavy atom. The predicted molar refractivity (Wildman–Crippen MR) is 195 cm³/mol. The van der Waals surface area contributed by atoms with Gasteiger partial charge in [0, 0.05) is 25.1 Å². The number of amides is 2. The number of nitrogens with one attached hydrogen (secondary N) is 2. The van der Waals surface area contributed by atoms with Gasteiger partial charge in [0.05, 0.1) is 24.9 Å². The number of hydrogen-bond donors (Lipinski definition) is 3. The third kappa shape index (κ3) is 6.10. The van der Waals surface area contributed by atoms with Gasteiger partial charge in [-0.15, -0.1) is 0 Å². The molecule has 4 aliphatic heterocycles. The van der Waals surface area contributed by atoms with Crippen molar-refractivity contribution >= 4 is 23.9 Å². The van der Waals surface area contributed by atoms with E-state index in [1.807, 2.05) is 18.2 Å². The van der Waals surface area contributed by atoms with E-state index >= 15 is 0 Å². The summed E-state index contributed by atoms with van der Waals surface area (Å²) in [7, 11) is 0. The van der Waals surface area contributed by atoms with Crippen molar-refractivity contribution in [3.8, 4) is 0 Å². The van der Waals surface area contributed by atoms with Crippen LogP contribution in [0.2, 0.25) is 0 Å². The van der Waals surface area contributed by atoms with E-state index < -0.39 is 41.8 Å². The lowest BCUT2D eigenvalue weighted by Crippen LogP contribution is -2.69. The van der Waals surface area contributed by atoms with Crippen LogP contribution in [0, 0.1) is 22.7 Å². The average molecular weight is 742 g/mol. The normalized spacial score (nSPS) is 38.1. The van der Waals surface area contributed by atoms with Crippen LogP contribution >= 0.6 is 0 Å². The van der Waals surface area contributed by atoms with Gasteiger partial charge in [-0.1, -0.05) is 61.9 Å². The van der Waals surface area contributed by atoms with Gasteiger partial charge in [0.2, 0.25) is 5.91 Å². The van der Waals surface area contributed by atoms with Crippen LogP contribution in [0.5, 0.6) is 0 Å². The summed E-state index contributed by atoms with van der Waals surface area (Å²) >= 11 is 0. The van der Waals surface area contributed by atoms with Crippen molar-refractivity contribution in [1.82, 2.24) is 15.7 Å². The number of hydrogen-bond acceptors (Lipinski definition) is 10. The molecule has 3 N–H and O–H groups in total. The highest BCUT2D eigenvalue weighted by molar-refractivity contribution is 5.95. The summed E-state index contributed by atoms with van der Waals surface area (Å²) < 4.78 is 24.1. The van der Waals surface area contributed by atoms with Gasteiger partial charge in [-0.2, -0.15) is 5.06 Å². The first-order valence-electron chi connectivity index (χ1n) is 19.6. The smallest absolute Gasteiger partial charge is 0.327 e. The van der Waals surface area contributed by atoms with E-state index in [0.717, 1.165) is 30.4 Å². The highest BCUT2D eigenvalue weighted by Crippen LogP contribution is 2.60. The Kier molecular flexibility index (Phi) is 9.02. The Balaban J connectivity index is 0.966. The van der Waals surface area contributed by atoms with E-state index in [9.17, 15) is 14.4 Å². The van der Waals surface area contributed by atoms with Crippen molar-refractivity contribution in [3.05, 3.63) is 76.4 Å². The number of epoxide rings is 1. The topological polar surface area (TPSA) is 148 Å². The molecule has 10 atom stereocenters. The number of hydroxylamine groups is 2. The molecule has 2 amide bonds. The minimum atomic E-state index is -1.28. The van der Waals surface area contributed by atoms with Crippen molar-refractivity contribution < 1.29 is 43.3 Å². The number of allylic oxidation sites excluding steroid dienone is 1. The highest BCUT2D eigenvalue weighted by atomic mass is 16.8. The zero-order chi connectivity index (χ0) is 37.4. The molecule has 12 nitrogen and oxygen atoms in total. The number of aliphatic hydroxyl groups is 1. The van der Waals surface area contributed by atoms with Gasteiger partial charge < -0.3 is 34.7 Å². The molecule has 4 heterocycles. The van der Waals surface area contributed by atoms with Crippen LogP contribution < -0.4 is 10.6 Å².